The molecule has 1 aromatic rings. The average molecular weight is 397 g/mol. The Kier molecular flexibility index (Phi) is 10.2. The Labute approximate surface area is 162 Å². The van der Waals surface area contributed by atoms with Crippen molar-refractivity contribution in [1.82, 2.24) is 10.2 Å². The highest BCUT2D eigenvalue weighted by molar-refractivity contribution is 6.31. The molecule has 0 radical (unpaired) electrons. The molecule has 1 aromatic carbocycles. The van der Waals surface area contributed by atoms with Crippen molar-refractivity contribution in [1.29, 1.82) is 0 Å². The number of nitrogens with two attached hydrogens (primary N) is 1. The van der Waals surface area contributed by atoms with Crippen molar-refractivity contribution >= 4 is 42.3 Å². The van der Waals surface area contributed by atoms with Crippen molar-refractivity contribution in [2.24, 2.45) is 11.7 Å². The van der Waals surface area contributed by atoms with Gasteiger partial charge in [-0.3, -0.25) is 9.69 Å². The Balaban J connectivity index is 0.00000264. The highest BCUT2D eigenvalue weighted by atomic mass is 35.5. The minimum atomic E-state index is -0.801. The summed E-state index contributed by atoms with van der Waals surface area (Å²) in [6, 6.07) is 8.00. The second kappa shape index (κ2) is 10.5. The summed E-state index contributed by atoms with van der Waals surface area (Å²) in [5.74, 6) is 0.458. The highest BCUT2D eigenvalue weighted by Gasteiger charge is 2.24. The van der Waals surface area contributed by atoms with Crippen molar-refractivity contribution in [2.75, 3.05) is 19.6 Å². The van der Waals surface area contributed by atoms with Gasteiger partial charge in [0, 0.05) is 18.1 Å². The molecule has 0 saturated carbocycles. The van der Waals surface area contributed by atoms with E-state index in [4.69, 9.17) is 17.3 Å². The third-order valence-corrected chi connectivity index (χ3v) is 4.56. The number of nitrogens with one attached hydrogen (secondary N) is 1. The van der Waals surface area contributed by atoms with Gasteiger partial charge in [-0.25, -0.2) is 0 Å². The number of nitrogens with zero attached hydrogens (tertiary/aromatic N) is 1. The molecule has 7 heteroatoms. The smallest absolute Gasteiger partial charge is 0.239 e. The SMILES string of the molecule is CC(C)(N)C(=O)NCC1CCN(Cc2ccccc2Cl)CC1.Cl.Cl. The van der Waals surface area contributed by atoms with Crippen LogP contribution in [0.4, 0.5) is 0 Å². The Morgan fingerprint density at radius 1 is 1.29 bits per heavy atom. The average Bonchev–Trinajstić information content (AvgIpc) is 2.47. The van der Waals surface area contributed by atoms with Crippen molar-refractivity contribution in [3.8, 4) is 0 Å². The van der Waals surface area contributed by atoms with Gasteiger partial charge in [-0.1, -0.05) is 29.8 Å². The van der Waals surface area contributed by atoms with Crippen LogP contribution in [0.2, 0.25) is 5.02 Å². The van der Waals surface area contributed by atoms with Gasteiger partial charge < -0.3 is 11.1 Å². The summed E-state index contributed by atoms with van der Waals surface area (Å²) in [5.41, 5.74) is 6.16. The second-order valence-corrected chi connectivity index (χ2v) is 7.15. The Bertz CT molecular complexity index is 512. The van der Waals surface area contributed by atoms with Gasteiger partial charge in [-0.15, -0.1) is 24.8 Å². The molecule has 4 nitrogen and oxygen atoms in total. The molecule has 3 N–H and O–H groups in total. The van der Waals surface area contributed by atoms with Crippen LogP contribution in [0.25, 0.3) is 0 Å². The van der Waals surface area contributed by atoms with E-state index in [9.17, 15) is 4.79 Å². The monoisotopic (exact) mass is 395 g/mol. The molecule has 0 bridgehead atoms. The zero-order valence-electron chi connectivity index (χ0n) is 14.3. The van der Waals surface area contributed by atoms with Crippen molar-refractivity contribution in [3.05, 3.63) is 34.9 Å². The summed E-state index contributed by atoms with van der Waals surface area (Å²) < 4.78 is 0. The number of carbonyl (C=O) groups is 1. The van der Waals surface area contributed by atoms with Crippen LogP contribution in [0, 0.1) is 5.92 Å². The van der Waals surface area contributed by atoms with E-state index in [1.54, 1.807) is 13.8 Å². The maximum atomic E-state index is 11.8. The number of amides is 1. The number of likely N-dealkylation sites (tertiary alicyclic amines) is 1. The van der Waals surface area contributed by atoms with Crippen LogP contribution in [0.3, 0.4) is 0 Å². The summed E-state index contributed by atoms with van der Waals surface area (Å²) in [7, 11) is 0. The first-order valence-corrected chi connectivity index (χ1v) is 8.27. The van der Waals surface area contributed by atoms with Crippen LogP contribution >= 0.6 is 36.4 Å². The first-order valence-electron chi connectivity index (χ1n) is 7.89. The van der Waals surface area contributed by atoms with Crippen molar-refractivity contribution in [2.45, 2.75) is 38.8 Å². The van der Waals surface area contributed by atoms with Crippen LogP contribution in [0.15, 0.2) is 24.3 Å². The van der Waals surface area contributed by atoms with Gasteiger partial charge in [-0.05, 0) is 57.3 Å². The number of carbonyl (C=O) groups excluding carboxylic acids is 1. The molecular weight excluding hydrogens is 369 g/mol. The molecule has 2 rings (SSSR count). The molecule has 1 aliphatic heterocycles. The van der Waals surface area contributed by atoms with E-state index >= 15 is 0 Å². The molecule has 0 unspecified atom stereocenters. The number of hydrogen-bond acceptors (Lipinski definition) is 3. The molecule has 24 heavy (non-hydrogen) atoms. The summed E-state index contributed by atoms with van der Waals surface area (Å²) >= 11 is 6.21. The number of piperidine rings is 1. The Morgan fingerprint density at radius 3 is 2.42 bits per heavy atom. The Morgan fingerprint density at radius 2 is 1.88 bits per heavy atom. The van der Waals surface area contributed by atoms with E-state index < -0.39 is 5.54 Å². The van der Waals surface area contributed by atoms with Crippen molar-refractivity contribution in [3.63, 3.8) is 0 Å². The molecule has 0 spiro atoms. The van der Waals surface area contributed by atoms with Gasteiger partial charge in [0.2, 0.25) is 5.91 Å². The third-order valence-electron chi connectivity index (χ3n) is 4.20. The van der Waals surface area contributed by atoms with Crippen LogP contribution < -0.4 is 11.1 Å². The largest absolute Gasteiger partial charge is 0.354 e. The van der Waals surface area contributed by atoms with Crippen LogP contribution in [-0.2, 0) is 11.3 Å². The van der Waals surface area contributed by atoms with Gasteiger partial charge in [0.25, 0.3) is 0 Å². The second-order valence-electron chi connectivity index (χ2n) is 6.74. The lowest BCUT2D eigenvalue weighted by Gasteiger charge is -2.32. The summed E-state index contributed by atoms with van der Waals surface area (Å²) in [5, 5.41) is 3.80. The van der Waals surface area contributed by atoms with Crippen LogP contribution in [0.5, 0.6) is 0 Å². The van der Waals surface area contributed by atoms with Gasteiger partial charge >= 0.3 is 0 Å². The van der Waals surface area contributed by atoms with Crippen molar-refractivity contribution < 1.29 is 4.79 Å². The fourth-order valence-corrected chi connectivity index (χ4v) is 2.88. The summed E-state index contributed by atoms with van der Waals surface area (Å²) in [4.78, 5) is 14.2. The molecule has 0 atom stereocenters. The molecule has 0 aliphatic carbocycles. The Hall–Kier alpha value is -0.520. The maximum Gasteiger partial charge on any atom is 0.239 e. The van der Waals surface area contributed by atoms with E-state index in [-0.39, 0.29) is 30.7 Å². The minimum absolute atomic E-state index is 0. The summed E-state index contributed by atoms with van der Waals surface area (Å²) in [6.07, 6.45) is 2.19. The fourth-order valence-electron chi connectivity index (χ4n) is 2.68. The predicted molar refractivity (Wildman–Crippen MR) is 105 cm³/mol. The zero-order valence-corrected chi connectivity index (χ0v) is 16.6. The molecule has 0 aromatic heterocycles. The third kappa shape index (κ3) is 7.16. The first kappa shape index (κ1) is 23.5. The zero-order chi connectivity index (χ0) is 16.2. The number of halogens is 3. The molecule has 1 heterocycles. The van der Waals surface area contributed by atoms with E-state index in [1.807, 2.05) is 18.2 Å². The highest BCUT2D eigenvalue weighted by Crippen LogP contribution is 2.22. The van der Waals surface area contributed by atoms with Gasteiger partial charge in [0.15, 0.2) is 0 Å². The van der Waals surface area contributed by atoms with E-state index in [0.29, 0.717) is 5.92 Å². The topological polar surface area (TPSA) is 58.4 Å². The quantitative estimate of drug-likeness (QED) is 0.803. The van der Waals surface area contributed by atoms with Crippen LogP contribution in [-0.4, -0.2) is 36.0 Å². The predicted octanol–water partition coefficient (Wildman–Crippen LogP) is 3.25. The molecule has 1 saturated heterocycles. The van der Waals surface area contributed by atoms with Crippen LogP contribution in [0.1, 0.15) is 32.3 Å². The maximum absolute atomic E-state index is 11.8. The number of rotatable bonds is 5. The number of hydrogen-bond donors (Lipinski definition) is 2. The number of benzene rings is 1. The lowest BCUT2D eigenvalue weighted by atomic mass is 9.95. The van der Waals surface area contributed by atoms with E-state index in [0.717, 1.165) is 44.0 Å². The standard InChI is InChI=1S/C17H26ClN3O.2ClH/c1-17(2,19)16(22)20-11-13-7-9-21(10-8-13)12-14-5-3-4-6-15(14)18;;/h3-6,13H,7-12,19H2,1-2H3,(H,20,22);2*1H. The molecule has 1 fully saturated rings. The molecule has 138 valence electrons. The van der Waals surface area contributed by atoms with Gasteiger partial charge in [0.1, 0.15) is 0 Å². The lowest BCUT2D eigenvalue weighted by molar-refractivity contribution is -0.125. The summed E-state index contributed by atoms with van der Waals surface area (Å²) in [6.45, 7) is 7.16. The molecule has 1 aliphatic rings. The minimum Gasteiger partial charge on any atom is -0.354 e. The van der Waals surface area contributed by atoms with E-state index in [1.165, 1.54) is 5.56 Å². The van der Waals surface area contributed by atoms with Gasteiger partial charge in [-0.2, -0.15) is 0 Å². The van der Waals surface area contributed by atoms with Gasteiger partial charge in [0.05, 0.1) is 5.54 Å². The molecular formula is C17H28Cl3N3O. The first-order chi connectivity index (χ1) is 10.4. The molecule has 1 amide bonds. The lowest BCUT2D eigenvalue weighted by Crippen LogP contribution is -2.50. The normalized spacial score (nSPS) is 16.0. The fraction of sp³-hybridized carbons (Fsp3) is 0.588. The van der Waals surface area contributed by atoms with E-state index in [2.05, 4.69) is 16.3 Å².